The Morgan fingerprint density at radius 2 is 2.06 bits per heavy atom. The predicted octanol–water partition coefficient (Wildman–Crippen LogP) is 3.11. The molecule has 0 aliphatic heterocycles. The average Bonchev–Trinajstić information content (AvgIpc) is 2.78. The van der Waals surface area contributed by atoms with E-state index in [9.17, 15) is 9.18 Å². The maximum atomic E-state index is 14.3. The number of carboxylic acid groups (broad SMARTS) is 1. The number of aryl methyl sites for hydroxylation is 1. The van der Waals surface area contributed by atoms with Crippen LogP contribution in [0.15, 0.2) is 41.6 Å². The number of halogens is 1. The number of aliphatic carboxylic acids is 1. The molecule has 1 aromatic carbocycles. The van der Waals surface area contributed by atoms with Crippen molar-refractivity contribution in [2.45, 2.75) is 25.7 Å². The van der Waals surface area contributed by atoms with Crippen molar-refractivity contribution in [1.82, 2.24) is 15.0 Å². The van der Waals surface area contributed by atoms with E-state index in [0.29, 0.717) is 52.6 Å². The molecule has 170 valence electrons. The van der Waals surface area contributed by atoms with Crippen LogP contribution in [0.25, 0.3) is 11.3 Å². The molecule has 3 N–H and O–H groups in total. The summed E-state index contributed by atoms with van der Waals surface area (Å²) >= 11 is 0. The highest BCUT2D eigenvalue weighted by molar-refractivity contribution is 6.03. The first-order valence-electron chi connectivity index (χ1n) is 10.2. The Morgan fingerprint density at radius 3 is 2.82 bits per heavy atom. The summed E-state index contributed by atoms with van der Waals surface area (Å²) in [4.78, 5) is 29.0. The van der Waals surface area contributed by atoms with Crippen LogP contribution in [0.4, 0.5) is 10.3 Å². The Balaban J connectivity index is 1.80. The van der Waals surface area contributed by atoms with E-state index >= 15 is 0 Å². The Labute approximate surface area is 189 Å². The van der Waals surface area contributed by atoms with Crippen LogP contribution in [-0.4, -0.2) is 45.5 Å². The van der Waals surface area contributed by atoms with Gasteiger partial charge in [-0.05, 0) is 43.0 Å². The van der Waals surface area contributed by atoms with Crippen molar-refractivity contribution < 1.29 is 23.9 Å². The molecule has 0 bridgehead atoms. The number of benzene rings is 1. The number of nitrogens with zero attached hydrogens (tertiary/aromatic N) is 4. The summed E-state index contributed by atoms with van der Waals surface area (Å²) in [5.74, 6) is -1.15. The number of hydrogen-bond acceptors (Lipinski definition) is 8. The van der Waals surface area contributed by atoms with Crippen LogP contribution >= 0.6 is 0 Å². The largest absolute Gasteiger partial charge is 0.481 e. The van der Waals surface area contributed by atoms with Crippen LogP contribution in [0.3, 0.4) is 0 Å². The second kappa shape index (κ2) is 9.19. The molecule has 1 aliphatic rings. The summed E-state index contributed by atoms with van der Waals surface area (Å²) in [6, 6.07) is 9.83. The minimum Gasteiger partial charge on any atom is -0.481 e. The first kappa shape index (κ1) is 22.1. The van der Waals surface area contributed by atoms with Gasteiger partial charge in [0.05, 0.1) is 29.9 Å². The Morgan fingerprint density at radius 1 is 1.24 bits per heavy atom. The smallest absolute Gasteiger partial charge is 0.344 e. The molecule has 9 nitrogen and oxygen atoms in total. The molecule has 0 saturated heterocycles. The third-order valence-electron chi connectivity index (χ3n) is 5.38. The maximum Gasteiger partial charge on any atom is 0.344 e. The number of nitrogen functional groups attached to an aromatic ring is 1. The fourth-order valence-electron chi connectivity index (χ4n) is 4.07. The fraction of sp³-hybridized carbons (Fsp3) is 0.261. The maximum absolute atomic E-state index is 14.3. The van der Waals surface area contributed by atoms with Gasteiger partial charge >= 0.3 is 5.97 Å². The number of nitrogens with two attached hydrogens (primary N) is 1. The molecular formula is C23H22FN5O4. The van der Waals surface area contributed by atoms with Crippen LogP contribution in [0, 0.1) is 12.7 Å². The van der Waals surface area contributed by atoms with Crippen molar-refractivity contribution in [1.29, 1.82) is 0 Å². The van der Waals surface area contributed by atoms with E-state index in [1.165, 1.54) is 19.2 Å². The van der Waals surface area contributed by atoms with Gasteiger partial charge in [-0.1, -0.05) is 17.3 Å². The van der Waals surface area contributed by atoms with E-state index in [1.807, 2.05) is 0 Å². The lowest BCUT2D eigenvalue weighted by Gasteiger charge is -2.27. The number of oxime groups is 1. The molecule has 10 heteroatoms. The van der Waals surface area contributed by atoms with Crippen molar-refractivity contribution in [3.05, 3.63) is 64.7 Å². The van der Waals surface area contributed by atoms with Crippen LogP contribution in [-0.2, 0) is 16.1 Å². The highest BCUT2D eigenvalue weighted by atomic mass is 19.1. The molecule has 4 rings (SSSR count). The third-order valence-corrected chi connectivity index (χ3v) is 5.38. The summed E-state index contributed by atoms with van der Waals surface area (Å²) < 4.78 is 19.5. The molecule has 2 aromatic heterocycles. The number of fused-ring (bicyclic) bond motifs is 1. The molecular weight excluding hydrogens is 429 g/mol. The van der Waals surface area contributed by atoms with Crippen molar-refractivity contribution in [2.75, 3.05) is 19.5 Å². The van der Waals surface area contributed by atoms with Crippen LogP contribution in [0.1, 0.15) is 34.9 Å². The monoisotopic (exact) mass is 451 g/mol. The summed E-state index contributed by atoms with van der Waals surface area (Å²) in [5, 5.41) is 13.0. The van der Waals surface area contributed by atoms with Crippen LogP contribution < -0.4 is 10.5 Å². The van der Waals surface area contributed by atoms with E-state index in [-0.39, 0.29) is 11.9 Å². The lowest BCUT2D eigenvalue weighted by molar-refractivity contribution is -0.142. The minimum atomic E-state index is -1.14. The van der Waals surface area contributed by atoms with Crippen LogP contribution in [0.2, 0.25) is 0 Å². The van der Waals surface area contributed by atoms with Gasteiger partial charge in [-0.25, -0.2) is 24.1 Å². The zero-order valence-corrected chi connectivity index (χ0v) is 18.1. The SMILES string of the molecule is COc1cccc(-c2cc(F)ccc2C2C/C(=N\OCC(=O)O)c3c(C)nc(N)nc3C2)n1. The van der Waals surface area contributed by atoms with Gasteiger partial charge in [-0.2, -0.15) is 0 Å². The van der Waals surface area contributed by atoms with Crippen molar-refractivity contribution in [3.8, 4) is 17.1 Å². The highest BCUT2D eigenvalue weighted by Crippen LogP contribution is 2.38. The first-order chi connectivity index (χ1) is 15.9. The van der Waals surface area contributed by atoms with E-state index in [2.05, 4.69) is 20.1 Å². The molecule has 1 atom stereocenters. The first-order valence-corrected chi connectivity index (χ1v) is 10.2. The van der Waals surface area contributed by atoms with E-state index in [4.69, 9.17) is 20.4 Å². The minimum absolute atomic E-state index is 0.131. The molecule has 2 heterocycles. The van der Waals surface area contributed by atoms with Gasteiger partial charge in [0.25, 0.3) is 0 Å². The quantitative estimate of drug-likeness (QED) is 0.546. The Bertz CT molecular complexity index is 1250. The van der Waals surface area contributed by atoms with Crippen molar-refractivity contribution >= 4 is 17.6 Å². The Hall–Kier alpha value is -4.08. The summed E-state index contributed by atoms with van der Waals surface area (Å²) in [5.41, 5.74) is 10.4. The molecule has 0 fully saturated rings. The number of hydrogen-bond donors (Lipinski definition) is 2. The molecule has 33 heavy (non-hydrogen) atoms. The number of methoxy groups -OCH3 is 1. The average molecular weight is 451 g/mol. The topological polar surface area (TPSA) is 133 Å². The number of anilines is 1. The lowest BCUT2D eigenvalue weighted by atomic mass is 9.79. The number of pyridine rings is 1. The van der Waals surface area contributed by atoms with E-state index in [0.717, 1.165) is 5.56 Å². The van der Waals surface area contributed by atoms with Crippen LogP contribution in [0.5, 0.6) is 5.88 Å². The standard InChI is InChI=1S/C23H22FN5O4/c1-12-22-18(28-23(25)26-12)8-13(9-19(22)29-33-11-21(30)31)15-7-6-14(24)10-16(15)17-4-3-5-20(27-17)32-2/h3-7,10,13H,8-9,11H2,1-2H3,(H,30,31)(H2,25,26,28)/b29-19+. The van der Waals surface area contributed by atoms with E-state index < -0.39 is 18.4 Å². The van der Waals surface area contributed by atoms with Gasteiger partial charge in [-0.15, -0.1) is 0 Å². The number of carbonyl (C=O) groups is 1. The molecule has 3 aromatic rings. The second-order valence-corrected chi connectivity index (χ2v) is 7.60. The molecule has 0 saturated carbocycles. The molecule has 1 unspecified atom stereocenters. The summed E-state index contributed by atoms with van der Waals surface area (Å²) in [7, 11) is 1.52. The second-order valence-electron chi connectivity index (χ2n) is 7.60. The molecule has 0 spiro atoms. The van der Waals surface area contributed by atoms with Gasteiger partial charge in [-0.3, -0.25) is 0 Å². The number of ether oxygens (including phenoxy) is 1. The van der Waals surface area contributed by atoms with Gasteiger partial charge in [0, 0.05) is 23.6 Å². The number of rotatable bonds is 6. The fourth-order valence-corrected chi connectivity index (χ4v) is 4.07. The van der Waals surface area contributed by atoms with Gasteiger partial charge in [0.15, 0.2) is 0 Å². The van der Waals surface area contributed by atoms with Gasteiger partial charge in [0.2, 0.25) is 18.4 Å². The number of aromatic nitrogens is 3. The lowest BCUT2D eigenvalue weighted by Crippen LogP contribution is -2.24. The Kier molecular flexibility index (Phi) is 6.16. The van der Waals surface area contributed by atoms with Gasteiger partial charge in [0.1, 0.15) is 5.82 Å². The molecule has 1 aliphatic carbocycles. The zero-order valence-electron chi connectivity index (χ0n) is 18.1. The summed E-state index contributed by atoms with van der Waals surface area (Å²) in [6.07, 6.45) is 0.910. The van der Waals surface area contributed by atoms with Crippen molar-refractivity contribution in [3.63, 3.8) is 0 Å². The summed E-state index contributed by atoms with van der Waals surface area (Å²) in [6.45, 7) is 1.21. The van der Waals surface area contributed by atoms with Crippen molar-refractivity contribution in [2.24, 2.45) is 5.16 Å². The predicted molar refractivity (Wildman–Crippen MR) is 119 cm³/mol. The van der Waals surface area contributed by atoms with Gasteiger partial charge < -0.3 is 20.4 Å². The molecule has 0 amide bonds. The highest BCUT2D eigenvalue weighted by Gasteiger charge is 2.31. The third kappa shape index (κ3) is 4.74. The van der Waals surface area contributed by atoms with E-state index in [1.54, 1.807) is 31.2 Å². The molecule has 0 radical (unpaired) electrons. The zero-order chi connectivity index (χ0) is 23.5. The normalized spacial score (nSPS) is 16.3. The number of carboxylic acids is 1.